The molecule has 0 aromatic carbocycles. The lowest BCUT2D eigenvalue weighted by atomic mass is 9.49. The monoisotopic (exact) mass is 377 g/mol. The maximum absolute atomic E-state index is 12.7. The molecule has 7 nitrogen and oxygen atoms in total. The number of hydrogen-bond acceptors (Lipinski definition) is 6. The van der Waals surface area contributed by atoms with Crippen LogP contribution in [0.5, 0.6) is 0 Å². The van der Waals surface area contributed by atoms with Crippen molar-refractivity contribution < 1.29 is 9.53 Å². The number of fused-ring (bicyclic) bond motifs is 2. The number of nitrogens with zero attached hydrogens (tertiary/aromatic N) is 5. The van der Waals surface area contributed by atoms with Gasteiger partial charge in [-0.05, 0) is 24.3 Å². The third-order valence-corrected chi connectivity index (χ3v) is 5.62. The Morgan fingerprint density at radius 2 is 1.54 bits per heavy atom. The van der Waals surface area contributed by atoms with Gasteiger partial charge in [0.15, 0.2) is 10.8 Å². The molecule has 0 fully saturated rings. The molecule has 3 rings (SSSR count). The SMILES string of the molecule is CCOC(=O)N1C=C(C(C)C)C2C(C(C)C)=CC1C(C#N)(C#N)C2(C#N)C#N. The van der Waals surface area contributed by atoms with Crippen molar-refractivity contribution >= 4 is 6.09 Å². The van der Waals surface area contributed by atoms with Crippen LogP contribution < -0.4 is 0 Å². The predicted molar refractivity (Wildman–Crippen MR) is 99.3 cm³/mol. The predicted octanol–water partition coefficient (Wildman–Crippen LogP) is 3.65. The molecule has 0 N–H and O–H groups in total. The molecule has 3 aliphatic rings. The molecule has 1 amide bonds. The minimum Gasteiger partial charge on any atom is -0.449 e. The fourth-order valence-electron chi connectivity index (χ4n) is 4.20. The molecular formula is C21H23N5O2. The highest BCUT2D eigenvalue weighted by atomic mass is 16.6. The summed E-state index contributed by atoms with van der Waals surface area (Å²) in [6.07, 6.45) is 2.56. The zero-order valence-electron chi connectivity index (χ0n) is 16.7. The van der Waals surface area contributed by atoms with Crippen molar-refractivity contribution in [3.8, 4) is 24.3 Å². The van der Waals surface area contributed by atoms with Crippen LogP contribution in [0.4, 0.5) is 4.79 Å². The standard InChI is InChI=1S/C21H23N5O2/c1-6-28-19(27)26-8-16(14(4)5)18-15(13(2)3)7-17(26)20(9-22,10-23)21(18,11-24)12-25/h7-8,13-14,17-18H,6H2,1-5H3. The molecule has 0 aromatic heterocycles. The van der Waals surface area contributed by atoms with Gasteiger partial charge in [-0.2, -0.15) is 21.0 Å². The smallest absolute Gasteiger partial charge is 0.414 e. The highest BCUT2D eigenvalue weighted by Crippen LogP contribution is 2.60. The van der Waals surface area contributed by atoms with E-state index in [0.717, 1.165) is 5.57 Å². The van der Waals surface area contributed by atoms with Crippen molar-refractivity contribution in [2.75, 3.05) is 6.61 Å². The first-order valence-corrected chi connectivity index (χ1v) is 9.24. The van der Waals surface area contributed by atoms with E-state index in [1.807, 2.05) is 52.0 Å². The summed E-state index contributed by atoms with van der Waals surface area (Å²) in [6, 6.07) is 6.83. The number of carbonyl (C=O) groups excluding carboxylic acids is 1. The normalized spacial score (nSPS) is 24.2. The Kier molecular flexibility index (Phi) is 5.54. The van der Waals surface area contributed by atoms with Crippen LogP contribution in [0.1, 0.15) is 34.6 Å². The molecule has 7 heteroatoms. The van der Waals surface area contributed by atoms with Gasteiger partial charge in [-0.25, -0.2) is 4.79 Å². The maximum Gasteiger partial charge on any atom is 0.414 e. The van der Waals surface area contributed by atoms with E-state index in [1.54, 1.807) is 19.2 Å². The average molecular weight is 377 g/mol. The van der Waals surface area contributed by atoms with E-state index in [-0.39, 0.29) is 18.4 Å². The Morgan fingerprint density at radius 3 is 1.93 bits per heavy atom. The van der Waals surface area contributed by atoms with E-state index in [4.69, 9.17) is 4.74 Å². The fourth-order valence-corrected chi connectivity index (χ4v) is 4.20. The topological polar surface area (TPSA) is 125 Å². The zero-order chi connectivity index (χ0) is 21.3. The van der Waals surface area contributed by atoms with Gasteiger partial charge in [0.2, 0.25) is 0 Å². The summed E-state index contributed by atoms with van der Waals surface area (Å²) in [6.45, 7) is 9.42. The molecule has 28 heavy (non-hydrogen) atoms. The Hall–Kier alpha value is -3.29. The number of amides is 1. The number of allylic oxidation sites excluding steroid dienone is 2. The molecule has 2 unspecified atom stereocenters. The van der Waals surface area contributed by atoms with Crippen LogP contribution in [-0.4, -0.2) is 23.6 Å². The summed E-state index contributed by atoms with van der Waals surface area (Å²) >= 11 is 0. The molecule has 1 aliphatic carbocycles. The minimum absolute atomic E-state index is 0.0479. The van der Waals surface area contributed by atoms with Crippen molar-refractivity contribution in [1.29, 1.82) is 21.0 Å². The average Bonchev–Trinajstić information content (AvgIpc) is 2.91. The first-order valence-electron chi connectivity index (χ1n) is 9.24. The molecule has 0 aromatic rings. The summed E-state index contributed by atoms with van der Waals surface area (Å²) in [4.78, 5) is 13.9. The number of carbonyl (C=O) groups is 1. The van der Waals surface area contributed by atoms with Gasteiger partial charge in [0, 0.05) is 12.1 Å². The van der Waals surface area contributed by atoms with Crippen LogP contribution in [-0.2, 0) is 4.74 Å². The highest BCUT2D eigenvalue weighted by Gasteiger charge is 2.69. The number of hydrogen-bond donors (Lipinski definition) is 0. The van der Waals surface area contributed by atoms with Gasteiger partial charge in [-0.1, -0.05) is 39.3 Å². The van der Waals surface area contributed by atoms with Crippen LogP contribution in [0.25, 0.3) is 0 Å². The van der Waals surface area contributed by atoms with Crippen LogP contribution >= 0.6 is 0 Å². The molecule has 2 bridgehead atoms. The third kappa shape index (κ3) is 2.56. The molecule has 2 aliphatic heterocycles. The number of ether oxygens (including phenoxy) is 1. The lowest BCUT2D eigenvalue weighted by Gasteiger charge is -2.46. The Labute approximate surface area is 165 Å². The van der Waals surface area contributed by atoms with E-state index in [1.165, 1.54) is 4.90 Å². The Morgan fingerprint density at radius 1 is 1.04 bits per heavy atom. The van der Waals surface area contributed by atoms with Gasteiger partial charge >= 0.3 is 6.09 Å². The van der Waals surface area contributed by atoms with Gasteiger partial charge in [-0.3, -0.25) is 4.90 Å². The number of rotatable bonds is 3. The first kappa shape index (κ1) is 21.0. The van der Waals surface area contributed by atoms with Crippen molar-refractivity contribution in [3.05, 3.63) is 23.4 Å². The van der Waals surface area contributed by atoms with Crippen LogP contribution in [0, 0.1) is 73.9 Å². The first-order chi connectivity index (χ1) is 13.2. The van der Waals surface area contributed by atoms with Gasteiger partial charge in [0.25, 0.3) is 0 Å². The summed E-state index contributed by atoms with van der Waals surface area (Å²) in [5.41, 5.74) is -2.57. The van der Waals surface area contributed by atoms with E-state index >= 15 is 0 Å². The summed E-state index contributed by atoms with van der Waals surface area (Å²) in [5.74, 6) is -0.942. The zero-order valence-corrected chi connectivity index (χ0v) is 16.7. The van der Waals surface area contributed by atoms with Crippen molar-refractivity contribution in [2.45, 2.75) is 40.7 Å². The Balaban J connectivity index is 3.02. The molecule has 0 radical (unpaired) electrons. The molecule has 2 atom stereocenters. The maximum atomic E-state index is 12.7. The minimum atomic E-state index is -2.06. The molecule has 0 saturated heterocycles. The highest BCUT2D eigenvalue weighted by molar-refractivity contribution is 5.72. The van der Waals surface area contributed by atoms with Gasteiger partial charge < -0.3 is 4.74 Å². The van der Waals surface area contributed by atoms with Crippen LogP contribution in [0.2, 0.25) is 0 Å². The fraction of sp³-hybridized carbons (Fsp3) is 0.571. The largest absolute Gasteiger partial charge is 0.449 e. The lowest BCUT2D eigenvalue weighted by molar-refractivity contribution is 0.0856. The quantitative estimate of drug-likeness (QED) is 0.691. The van der Waals surface area contributed by atoms with E-state index in [2.05, 4.69) is 0 Å². The molecule has 144 valence electrons. The second-order valence-corrected chi connectivity index (χ2v) is 7.65. The molecular weight excluding hydrogens is 354 g/mol. The van der Waals surface area contributed by atoms with Crippen molar-refractivity contribution in [2.24, 2.45) is 28.6 Å². The van der Waals surface area contributed by atoms with Crippen LogP contribution in [0.3, 0.4) is 0 Å². The van der Waals surface area contributed by atoms with E-state index in [0.29, 0.717) is 5.57 Å². The molecule has 0 saturated carbocycles. The van der Waals surface area contributed by atoms with E-state index in [9.17, 15) is 25.8 Å². The third-order valence-electron chi connectivity index (χ3n) is 5.62. The second-order valence-electron chi connectivity index (χ2n) is 7.65. The Bertz CT molecular complexity index is 873. The summed E-state index contributed by atoms with van der Waals surface area (Å²) in [7, 11) is 0. The summed E-state index contributed by atoms with van der Waals surface area (Å²) in [5, 5.41) is 40.4. The van der Waals surface area contributed by atoms with Crippen molar-refractivity contribution in [1.82, 2.24) is 4.90 Å². The molecule has 0 spiro atoms. The van der Waals surface area contributed by atoms with Gasteiger partial charge in [0.1, 0.15) is 0 Å². The summed E-state index contributed by atoms with van der Waals surface area (Å²) < 4.78 is 5.16. The van der Waals surface area contributed by atoms with Crippen LogP contribution in [0.15, 0.2) is 23.4 Å². The lowest BCUT2D eigenvalue weighted by Crippen LogP contribution is -2.58. The van der Waals surface area contributed by atoms with Gasteiger partial charge in [-0.15, -0.1) is 0 Å². The number of nitriles is 4. The molecule has 2 heterocycles. The van der Waals surface area contributed by atoms with Gasteiger partial charge in [0.05, 0.1) is 36.9 Å². The second kappa shape index (κ2) is 7.38. The van der Waals surface area contributed by atoms with Crippen molar-refractivity contribution in [3.63, 3.8) is 0 Å². The van der Waals surface area contributed by atoms with E-state index < -0.39 is 28.9 Å².